The van der Waals surface area contributed by atoms with Crippen molar-refractivity contribution >= 4 is 11.9 Å². The van der Waals surface area contributed by atoms with Crippen molar-refractivity contribution in [3.05, 3.63) is 0 Å². The first kappa shape index (κ1) is 8.37. The van der Waals surface area contributed by atoms with Gasteiger partial charge in [0.05, 0.1) is 6.67 Å². The minimum atomic E-state index is 0.367. The topological polar surface area (TPSA) is 15.3 Å². The Balaban J connectivity index is 2.24. The van der Waals surface area contributed by atoms with E-state index in [1.165, 1.54) is 6.54 Å². The molecule has 0 aromatic carbocycles. The molecule has 0 spiro atoms. The summed E-state index contributed by atoms with van der Waals surface area (Å²) < 4.78 is 2.74. The Labute approximate surface area is 67.5 Å². The molecule has 0 bridgehead atoms. The van der Waals surface area contributed by atoms with Gasteiger partial charge in [0.1, 0.15) is 0 Å². The highest BCUT2D eigenvalue weighted by molar-refractivity contribution is 7.98. The number of nitrogens with one attached hydrogen (secondary N) is 1. The average Bonchev–Trinajstić information content (AvgIpc) is 2.12. The molecule has 1 aliphatic rings. The number of hydrogen-bond donors (Lipinski definition) is 1. The summed E-state index contributed by atoms with van der Waals surface area (Å²) in [7, 11) is 0. The summed E-state index contributed by atoms with van der Waals surface area (Å²) in [5, 5.41) is 3.30. The van der Waals surface area contributed by atoms with Gasteiger partial charge in [-0.25, -0.2) is 4.31 Å². The molecule has 2 nitrogen and oxygen atoms in total. The highest BCUT2D eigenvalue weighted by atomic mass is 32.2. The van der Waals surface area contributed by atoms with Gasteiger partial charge in [0.15, 0.2) is 0 Å². The average molecular weight is 160 g/mol. The van der Waals surface area contributed by atoms with E-state index < -0.39 is 0 Å². The van der Waals surface area contributed by atoms with Gasteiger partial charge in [-0.1, -0.05) is 11.9 Å². The Hall–Kier alpha value is 0.270. The lowest BCUT2D eigenvalue weighted by Crippen LogP contribution is -2.22. The molecule has 1 rings (SSSR count). The first-order valence-electron chi connectivity index (χ1n) is 3.73. The maximum Gasteiger partial charge on any atom is 0.0582 e. The van der Waals surface area contributed by atoms with E-state index in [0.717, 1.165) is 13.2 Å². The van der Waals surface area contributed by atoms with Crippen molar-refractivity contribution in [3.63, 3.8) is 0 Å². The summed E-state index contributed by atoms with van der Waals surface area (Å²) in [6, 6.07) is 0. The Morgan fingerprint density at radius 1 is 1.40 bits per heavy atom. The normalized spacial score (nSPS) is 21.9. The van der Waals surface area contributed by atoms with Gasteiger partial charge < -0.3 is 5.32 Å². The van der Waals surface area contributed by atoms with Crippen LogP contribution in [-0.4, -0.2) is 28.8 Å². The summed E-state index contributed by atoms with van der Waals surface area (Å²) in [5.74, 6) is 0. The summed E-state index contributed by atoms with van der Waals surface area (Å²) >= 11 is 1.94. The molecule has 1 N–H and O–H groups in total. The molecule has 1 fully saturated rings. The monoisotopic (exact) mass is 160 g/mol. The largest absolute Gasteiger partial charge is 0.302 e. The minimum Gasteiger partial charge on any atom is -0.302 e. The van der Waals surface area contributed by atoms with Gasteiger partial charge in [-0.2, -0.15) is 0 Å². The maximum atomic E-state index is 3.30. The molecule has 1 saturated heterocycles. The summed E-state index contributed by atoms with van der Waals surface area (Å²) in [5.41, 5.74) is 0. The van der Waals surface area contributed by atoms with Gasteiger partial charge in [-0.3, -0.25) is 0 Å². The standard InChI is InChI=1S/C7H16N2S/c1-7(2,3)10-9-5-4-8-6-9/h8H,4-6H2,1-3H3. The van der Waals surface area contributed by atoms with E-state index in [2.05, 4.69) is 30.4 Å². The van der Waals surface area contributed by atoms with Crippen molar-refractivity contribution in [2.45, 2.75) is 25.5 Å². The van der Waals surface area contributed by atoms with Gasteiger partial charge in [0.2, 0.25) is 0 Å². The van der Waals surface area contributed by atoms with Crippen LogP contribution in [-0.2, 0) is 0 Å². The predicted molar refractivity (Wildman–Crippen MR) is 46.9 cm³/mol. The van der Waals surface area contributed by atoms with Gasteiger partial charge in [-0.15, -0.1) is 0 Å². The van der Waals surface area contributed by atoms with E-state index in [-0.39, 0.29) is 0 Å². The van der Waals surface area contributed by atoms with Crippen LogP contribution in [0, 0.1) is 0 Å². The third-order valence-corrected chi connectivity index (χ3v) is 2.35. The summed E-state index contributed by atoms with van der Waals surface area (Å²) in [4.78, 5) is 0. The first-order chi connectivity index (χ1) is 4.58. The molecule has 0 aromatic heterocycles. The van der Waals surface area contributed by atoms with Crippen molar-refractivity contribution in [3.8, 4) is 0 Å². The first-order valence-corrected chi connectivity index (χ1v) is 4.50. The quantitative estimate of drug-likeness (QED) is 0.582. The van der Waals surface area contributed by atoms with E-state index in [1.54, 1.807) is 0 Å². The van der Waals surface area contributed by atoms with Gasteiger partial charge >= 0.3 is 0 Å². The van der Waals surface area contributed by atoms with Crippen LogP contribution < -0.4 is 5.32 Å². The lowest BCUT2D eigenvalue weighted by atomic mass is 10.3. The molecule has 0 unspecified atom stereocenters. The van der Waals surface area contributed by atoms with Crippen LogP contribution in [0.3, 0.4) is 0 Å². The lowest BCUT2D eigenvalue weighted by molar-refractivity contribution is 0.560. The highest BCUT2D eigenvalue weighted by Gasteiger charge is 2.19. The molecule has 0 amide bonds. The van der Waals surface area contributed by atoms with E-state index in [4.69, 9.17) is 0 Å². The van der Waals surface area contributed by atoms with Gasteiger partial charge in [0, 0.05) is 17.8 Å². The lowest BCUT2D eigenvalue weighted by Gasteiger charge is -2.23. The van der Waals surface area contributed by atoms with Crippen molar-refractivity contribution < 1.29 is 0 Å². The maximum absolute atomic E-state index is 3.30. The molecular weight excluding hydrogens is 144 g/mol. The smallest absolute Gasteiger partial charge is 0.0582 e. The van der Waals surface area contributed by atoms with Gasteiger partial charge in [-0.05, 0) is 20.8 Å². The molecule has 1 heterocycles. The fraction of sp³-hybridized carbons (Fsp3) is 1.00. The molecular formula is C7H16N2S. The van der Waals surface area contributed by atoms with Gasteiger partial charge in [0.25, 0.3) is 0 Å². The molecule has 0 radical (unpaired) electrons. The third kappa shape index (κ3) is 2.90. The van der Waals surface area contributed by atoms with E-state index in [0.29, 0.717) is 4.75 Å². The van der Waals surface area contributed by atoms with Crippen LogP contribution in [0.4, 0.5) is 0 Å². The zero-order chi connectivity index (χ0) is 7.61. The molecule has 0 aromatic rings. The zero-order valence-electron chi connectivity index (χ0n) is 6.98. The number of nitrogens with zero attached hydrogens (tertiary/aromatic N) is 1. The van der Waals surface area contributed by atoms with Crippen LogP contribution in [0.25, 0.3) is 0 Å². The second kappa shape index (κ2) is 3.11. The van der Waals surface area contributed by atoms with Crippen LogP contribution >= 0.6 is 11.9 Å². The van der Waals surface area contributed by atoms with E-state index in [1.807, 2.05) is 11.9 Å². The minimum absolute atomic E-state index is 0.367. The molecule has 60 valence electrons. The Morgan fingerprint density at radius 2 is 2.10 bits per heavy atom. The van der Waals surface area contributed by atoms with E-state index in [9.17, 15) is 0 Å². The second-order valence-corrected chi connectivity index (χ2v) is 5.49. The molecule has 3 heteroatoms. The Bertz CT molecular complexity index is 103. The van der Waals surface area contributed by atoms with Crippen molar-refractivity contribution in [1.29, 1.82) is 0 Å². The number of hydrogen-bond acceptors (Lipinski definition) is 3. The summed E-state index contributed by atoms with van der Waals surface area (Å²) in [6.45, 7) is 10.1. The van der Waals surface area contributed by atoms with Crippen LogP contribution in [0.2, 0.25) is 0 Å². The van der Waals surface area contributed by atoms with Crippen molar-refractivity contribution in [1.82, 2.24) is 9.62 Å². The van der Waals surface area contributed by atoms with Crippen LogP contribution in [0.1, 0.15) is 20.8 Å². The second-order valence-electron chi connectivity index (χ2n) is 3.57. The molecule has 0 saturated carbocycles. The SMILES string of the molecule is CC(C)(C)SN1CCNC1. The molecule has 0 atom stereocenters. The van der Waals surface area contributed by atoms with Crippen LogP contribution in [0.15, 0.2) is 0 Å². The Kier molecular flexibility index (Phi) is 2.61. The fourth-order valence-electron chi connectivity index (χ4n) is 0.952. The highest BCUT2D eigenvalue weighted by Crippen LogP contribution is 2.27. The van der Waals surface area contributed by atoms with E-state index >= 15 is 0 Å². The zero-order valence-corrected chi connectivity index (χ0v) is 7.79. The summed E-state index contributed by atoms with van der Waals surface area (Å²) in [6.07, 6.45) is 0. The third-order valence-electron chi connectivity index (χ3n) is 1.23. The predicted octanol–water partition coefficient (Wildman–Crippen LogP) is 1.30. The Morgan fingerprint density at radius 3 is 2.50 bits per heavy atom. The molecule has 1 aliphatic heterocycles. The fourth-order valence-corrected chi connectivity index (χ4v) is 2.06. The molecule has 10 heavy (non-hydrogen) atoms. The van der Waals surface area contributed by atoms with Crippen molar-refractivity contribution in [2.75, 3.05) is 19.8 Å². The molecule has 0 aliphatic carbocycles. The number of rotatable bonds is 1. The van der Waals surface area contributed by atoms with Crippen LogP contribution in [0.5, 0.6) is 0 Å². The van der Waals surface area contributed by atoms with Crippen molar-refractivity contribution in [2.24, 2.45) is 0 Å².